The highest BCUT2D eigenvalue weighted by molar-refractivity contribution is 5.82. The second-order valence-corrected chi connectivity index (χ2v) is 8.37. The topological polar surface area (TPSA) is 89.1 Å². The van der Waals surface area contributed by atoms with E-state index in [1.165, 1.54) is 23.2 Å². The van der Waals surface area contributed by atoms with Gasteiger partial charge in [-0.15, -0.1) is 0 Å². The van der Waals surface area contributed by atoms with E-state index in [0.29, 0.717) is 35.5 Å². The van der Waals surface area contributed by atoms with Crippen LogP contribution in [0.15, 0.2) is 42.1 Å². The van der Waals surface area contributed by atoms with Gasteiger partial charge in [0, 0.05) is 42.5 Å². The summed E-state index contributed by atoms with van der Waals surface area (Å²) in [4.78, 5) is 17.3. The van der Waals surface area contributed by atoms with Gasteiger partial charge in [-0.05, 0) is 38.1 Å². The zero-order valence-corrected chi connectivity index (χ0v) is 17.9. The number of carbonyl (C=O) groups is 1. The maximum absolute atomic E-state index is 14.5. The molecule has 3 atom stereocenters. The van der Waals surface area contributed by atoms with Gasteiger partial charge >= 0.3 is 0 Å². The molecule has 3 N–H and O–H groups in total. The van der Waals surface area contributed by atoms with Crippen LogP contribution in [0.2, 0.25) is 0 Å². The highest BCUT2D eigenvalue weighted by Crippen LogP contribution is 2.34. The Labute approximate surface area is 183 Å². The number of hydrogen-bond acceptors (Lipinski definition) is 5. The third-order valence-electron chi connectivity index (χ3n) is 5.99. The lowest BCUT2D eigenvalue weighted by atomic mass is 9.92. The molecule has 170 valence electrons. The first-order valence-electron chi connectivity index (χ1n) is 10.4. The number of nitrogens with two attached hydrogens (primary N) is 1. The molecule has 2 aromatic heterocycles. The van der Waals surface area contributed by atoms with Crippen LogP contribution in [0.25, 0.3) is 16.8 Å². The fraction of sp³-hybridized carbons (Fsp3) is 0.409. The van der Waals surface area contributed by atoms with E-state index in [1.807, 2.05) is 11.9 Å². The van der Waals surface area contributed by atoms with Gasteiger partial charge in [0.1, 0.15) is 12.0 Å². The number of aromatic nitrogens is 3. The minimum Gasteiger partial charge on any atom is -0.378 e. The number of likely N-dealkylation sites (tertiary alicyclic amines) is 1. The van der Waals surface area contributed by atoms with Gasteiger partial charge in [-0.1, -0.05) is 0 Å². The van der Waals surface area contributed by atoms with E-state index in [0.717, 1.165) is 6.54 Å². The second-order valence-electron chi connectivity index (χ2n) is 8.37. The number of nitrogens with zero attached hydrogens (tertiary/aromatic N) is 4. The van der Waals surface area contributed by atoms with Gasteiger partial charge in [0.25, 0.3) is 0 Å². The fourth-order valence-corrected chi connectivity index (χ4v) is 4.13. The number of rotatable bonds is 5. The number of allylic oxidation sites excluding steroid dienone is 3. The number of primary amides is 1. The summed E-state index contributed by atoms with van der Waals surface area (Å²) in [6.45, 7) is 2.80. The summed E-state index contributed by atoms with van der Waals surface area (Å²) in [5.41, 5.74) is 7.66. The van der Waals surface area contributed by atoms with Gasteiger partial charge in [-0.25, -0.2) is 18.4 Å². The van der Waals surface area contributed by atoms with Crippen molar-refractivity contribution in [3.05, 3.63) is 48.1 Å². The zero-order valence-electron chi connectivity index (χ0n) is 17.9. The molecule has 2 aliphatic rings. The van der Waals surface area contributed by atoms with Crippen molar-refractivity contribution in [1.29, 1.82) is 0 Å². The van der Waals surface area contributed by atoms with Gasteiger partial charge in [0.15, 0.2) is 0 Å². The van der Waals surface area contributed by atoms with Gasteiger partial charge in [-0.3, -0.25) is 4.79 Å². The quantitative estimate of drug-likeness (QED) is 0.689. The molecule has 0 aromatic carbocycles. The van der Waals surface area contributed by atoms with Crippen LogP contribution in [-0.4, -0.2) is 57.9 Å². The first-order valence-corrected chi connectivity index (χ1v) is 10.4. The fourth-order valence-electron chi connectivity index (χ4n) is 4.13. The smallest absolute Gasteiger partial charge is 0.227 e. The molecular weight excluding hydrogens is 421 g/mol. The van der Waals surface area contributed by atoms with Gasteiger partial charge in [-0.2, -0.15) is 9.49 Å². The molecule has 4 rings (SSSR count). The molecule has 2 aromatic rings. The van der Waals surface area contributed by atoms with E-state index in [9.17, 15) is 18.0 Å². The normalized spacial score (nSPS) is 24.4. The highest BCUT2D eigenvalue weighted by Gasteiger charge is 2.29. The summed E-state index contributed by atoms with van der Waals surface area (Å²) >= 11 is 0. The molecular formula is C22H25F3N6O. The second kappa shape index (κ2) is 8.78. The van der Waals surface area contributed by atoms with E-state index in [2.05, 4.69) is 15.4 Å². The van der Waals surface area contributed by atoms with Gasteiger partial charge < -0.3 is 16.0 Å². The van der Waals surface area contributed by atoms with Crippen molar-refractivity contribution in [1.82, 2.24) is 19.7 Å². The monoisotopic (exact) mass is 446 g/mol. The molecule has 0 saturated carbocycles. The van der Waals surface area contributed by atoms with Crippen molar-refractivity contribution in [3.63, 3.8) is 0 Å². The van der Waals surface area contributed by atoms with Crippen molar-refractivity contribution in [2.24, 2.45) is 11.7 Å². The third-order valence-corrected chi connectivity index (χ3v) is 5.99. The van der Waals surface area contributed by atoms with Crippen molar-refractivity contribution in [2.75, 3.05) is 25.5 Å². The first-order chi connectivity index (χ1) is 15.2. The van der Waals surface area contributed by atoms with Crippen LogP contribution in [0.5, 0.6) is 0 Å². The predicted octanol–water partition coefficient (Wildman–Crippen LogP) is 3.13. The molecule has 0 spiro atoms. The average Bonchev–Trinajstić information content (AvgIpc) is 3.21. The summed E-state index contributed by atoms with van der Waals surface area (Å²) in [5, 5.41) is 7.39. The summed E-state index contributed by atoms with van der Waals surface area (Å²) in [6.07, 6.45) is 5.29. The lowest BCUT2D eigenvalue weighted by Gasteiger charge is -2.33. The Morgan fingerprint density at radius 1 is 1.31 bits per heavy atom. The Morgan fingerprint density at radius 2 is 2.09 bits per heavy atom. The molecule has 1 saturated heterocycles. The van der Waals surface area contributed by atoms with Crippen LogP contribution in [0.3, 0.4) is 0 Å². The number of nitrogens with one attached hydrogen (secondary N) is 1. The number of halogens is 3. The van der Waals surface area contributed by atoms with Crippen molar-refractivity contribution < 1.29 is 18.0 Å². The first kappa shape index (κ1) is 22.1. The molecule has 0 radical (unpaired) electrons. The van der Waals surface area contributed by atoms with Crippen molar-refractivity contribution in [3.8, 4) is 11.1 Å². The molecule has 10 heteroatoms. The Morgan fingerprint density at radius 3 is 2.81 bits per heavy atom. The van der Waals surface area contributed by atoms with Crippen LogP contribution in [-0.2, 0) is 4.79 Å². The van der Waals surface area contributed by atoms with Crippen LogP contribution in [0, 0.1) is 11.9 Å². The van der Waals surface area contributed by atoms with E-state index in [1.54, 1.807) is 19.2 Å². The number of pyridine rings is 1. The molecule has 7 nitrogen and oxygen atoms in total. The van der Waals surface area contributed by atoms with Gasteiger partial charge in [0.2, 0.25) is 11.9 Å². The largest absolute Gasteiger partial charge is 0.378 e. The molecule has 1 fully saturated rings. The van der Waals surface area contributed by atoms with Crippen LogP contribution in [0.1, 0.15) is 19.8 Å². The van der Waals surface area contributed by atoms with E-state index in [4.69, 9.17) is 5.73 Å². The third kappa shape index (κ3) is 4.40. The highest BCUT2D eigenvalue weighted by atomic mass is 19.1. The lowest BCUT2D eigenvalue weighted by molar-refractivity contribution is -0.121. The number of piperidine rings is 1. The molecule has 3 heterocycles. The Hall–Kier alpha value is -3.14. The SMILES string of the molecule is CC1=C(n2cc(-c3cc(N[C@@H]4CCN(C)C[C@@H]4F)cnc3F)cn2)CC(C(N)=O)C(F)=C1. The summed E-state index contributed by atoms with van der Waals surface area (Å²) in [5.74, 6) is -3.09. The standard InChI is InChI=1S/C22H25F3N6O/c1-12-5-17(23)16(22(26)32)7-20(12)31-10-13(8-28-31)15-6-14(9-27-21(15)25)29-19-3-4-30(2)11-18(19)24/h5-6,8-10,16,18-19,29H,3-4,7,11H2,1-2H3,(H2,26,32)/t16?,18-,19+/m0/s1. The summed E-state index contributed by atoms with van der Waals surface area (Å²) in [6, 6.07) is 1.19. The van der Waals surface area contributed by atoms with Gasteiger partial charge in [0.05, 0.1) is 30.0 Å². The number of anilines is 1. The van der Waals surface area contributed by atoms with Crippen molar-refractivity contribution in [2.45, 2.75) is 32.0 Å². The summed E-state index contributed by atoms with van der Waals surface area (Å²) in [7, 11) is 1.87. The minimum atomic E-state index is -1.06. The maximum Gasteiger partial charge on any atom is 0.227 e. The van der Waals surface area contributed by atoms with E-state index < -0.39 is 29.8 Å². The Balaban J connectivity index is 1.58. The van der Waals surface area contributed by atoms with Crippen molar-refractivity contribution >= 4 is 17.3 Å². The number of carbonyl (C=O) groups excluding carboxylic acids is 1. The molecule has 1 aliphatic heterocycles. The molecule has 32 heavy (non-hydrogen) atoms. The molecule has 1 amide bonds. The molecule has 0 bridgehead atoms. The minimum absolute atomic E-state index is 0.0565. The number of hydrogen-bond donors (Lipinski definition) is 2. The maximum atomic E-state index is 14.5. The Bertz CT molecular complexity index is 1100. The number of amides is 1. The van der Waals surface area contributed by atoms with Crippen LogP contribution < -0.4 is 11.1 Å². The number of alkyl halides is 1. The molecule has 1 unspecified atom stereocenters. The van der Waals surface area contributed by atoms with Crippen LogP contribution in [0.4, 0.5) is 18.9 Å². The Kier molecular flexibility index (Phi) is 6.05. The lowest BCUT2D eigenvalue weighted by Crippen LogP contribution is -2.46. The average molecular weight is 446 g/mol. The van der Waals surface area contributed by atoms with E-state index in [-0.39, 0.29) is 18.0 Å². The van der Waals surface area contributed by atoms with E-state index >= 15 is 0 Å². The molecule has 1 aliphatic carbocycles. The summed E-state index contributed by atoms with van der Waals surface area (Å²) < 4.78 is 44.4. The predicted molar refractivity (Wildman–Crippen MR) is 115 cm³/mol. The van der Waals surface area contributed by atoms with Crippen LogP contribution >= 0.6 is 0 Å². The zero-order chi connectivity index (χ0) is 23.0.